The van der Waals surface area contributed by atoms with Gasteiger partial charge in [-0.1, -0.05) is 0 Å². The van der Waals surface area contributed by atoms with Crippen LogP contribution in [0, 0.1) is 0 Å². The van der Waals surface area contributed by atoms with E-state index >= 15 is 0 Å². The van der Waals surface area contributed by atoms with Gasteiger partial charge in [0.2, 0.25) is 0 Å². The summed E-state index contributed by atoms with van der Waals surface area (Å²) in [6.45, 7) is 11.3. The summed E-state index contributed by atoms with van der Waals surface area (Å²) >= 11 is 0. The maximum Gasteiger partial charge on any atom is 0.323 e. The quantitative estimate of drug-likeness (QED) is 0.761. The van der Waals surface area contributed by atoms with Crippen molar-refractivity contribution < 1.29 is 9.90 Å². The fraction of sp³-hybridized carbons (Fsp3) is 0.933. The van der Waals surface area contributed by atoms with Gasteiger partial charge >= 0.3 is 5.97 Å². The van der Waals surface area contributed by atoms with Gasteiger partial charge in [-0.15, -0.1) is 0 Å². The Bertz CT molecular complexity index is 348. The number of carboxylic acid groups (broad SMARTS) is 1. The molecule has 0 aromatic rings. The molecule has 5 heteroatoms. The van der Waals surface area contributed by atoms with Crippen LogP contribution >= 0.6 is 0 Å². The van der Waals surface area contributed by atoms with E-state index in [1.54, 1.807) is 6.92 Å². The van der Waals surface area contributed by atoms with Crippen LogP contribution in [0.5, 0.6) is 0 Å². The van der Waals surface area contributed by atoms with E-state index < -0.39 is 11.5 Å². The van der Waals surface area contributed by atoms with Gasteiger partial charge in [0.25, 0.3) is 0 Å². The van der Waals surface area contributed by atoms with E-state index in [0.717, 1.165) is 26.2 Å². The molecule has 5 nitrogen and oxygen atoms in total. The fourth-order valence-electron chi connectivity index (χ4n) is 3.52. The highest BCUT2D eigenvalue weighted by molar-refractivity contribution is 5.78. The van der Waals surface area contributed by atoms with E-state index in [4.69, 9.17) is 0 Å². The van der Waals surface area contributed by atoms with E-state index in [1.807, 2.05) is 13.8 Å². The average Bonchev–Trinajstić information content (AvgIpc) is 2.82. The van der Waals surface area contributed by atoms with Gasteiger partial charge in [-0.25, -0.2) is 0 Å². The number of carboxylic acids is 1. The van der Waals surface area contributed by atoms with Crippen LogP contribution in [0.15, 0.2) is 0 Å². The zero-order valence-corrected chi connectivity index (χ0v) is 13.1. The lowest BCUT2D eigenvalue weighted by molar-refractivity contribution is -0.145. The second kappa shape index (κ2) is 6.41. The van der Waals surface area contributed by atoms with Gasteiger partial charge in [0, 0.05) is 38.3 Å². The first kappa shape index (κ1) is 15.7. The molecule has 2 N–H and O–H groups in total. The van der Waals surface area contributed by atoms with Crippen molar-refractivity contribution in [2.75, 3.05) is 32.7 Å². The van der Waals surface area contributed by atoms with E-state index in [9.17, 15) is 9.90 Å². The molecule has 0 radical (unpaired) electrons. The van der Waals surface area contributed by atoms with Gasteiger partial charge in [0.05, 0.1) is 0 Å². The van der Waals surface area contributed by atoms with E-state index in [-0.39, 0.29) is 6.04 Å². The van der Waals surface area contributed by atoms with Crippen LogP contribution in [-0.4, -0.2) is 71.2 Å². The lowest BCUT2D eigenvalue weighted by Gasteiger charge is -2.39. The predicted molar refractivity (Wildman–Crippen MR) is 80.0 cm³/mol. The first-order valence-corrected chi connectivity index (χ1v) is 7.88. The average molecular weight is 283 g/mol. The molecule has 2 unspecified atom stereocenters. The normalized spacial score (nSPS) is 27.5. The second-order valence-corrected chi connectivity index (χ2v) is 6.82. The molecule has 0 saturated carbocycles. The highest BCUT2D eigenvalue weighted by atomic mass is 16.4. The van der Waals surface area contributed by atoms with Crippen LogP contribution in [-0.2, 0) is 4.79 Å². The third-order valence-electron chi connectivity index (χ3n) is 4.68. The summed E-state index contributed by atoms with van der Waals surface area (Å²) in [5.74, 6) is -0.745. The number of nitrogens with zero attached hydrogens (tertiary/aromatic N) is 2. The number of carbonyl (C=O) groups is 1. The smallest absolute Gasteiger partial charge is 0.323 e. The Morgan fingerprint density at radius 2 is 2.15 bits per heavy atom. The summed E-state index contributed by atoms with van der Waals surface area (Å²) in [7, 11) is 0. The number of piperazine rings is 1. The van der Waals surface area contributed by atoms with Crippen LogP contribution < -0.4 is 5.32 Å². The van der Waals surface area contributed by atoms with Crippen molar-refractivity contribution in [1.82, 2.24) is 15.1 Å². The van der Waals surface area contributed by atoms with Gasteiger partial charge in [-0.3, -0.25) is 15.0 Å². The minimum Gasteiger partial charge on any atom is -0.480 e. The summed E-state index contributed by atoms with van der Waals surface area (Å²) in [6.07, 6.45) is 3.28. The Hall–Kier alpha value is -0.650. The van der Waals surface area contributed by atoms with Crippen LogP contribution in [0.1, 0.15) is 40.0 Å². The summed E-state index contributed by atoms with van der Waals surface area (Å²) in [4.78, 5) is 16.5. The van der Waals surface area contributed by atoms with Gasteiger partial charge in [0.1, 0.15) is 5.54 Å². The second-order valence-electron chi connectivity index (χ2n) is 6.82. The van der Waals surface area contributed by atoms with Crippen molar-refractivity contribution in [3.05, 3.63) is 0 Å². The van der Waals surface area contributed by atoms with Crippen LogP contribution in [0.25, 0.3) is 0 Å². The van der Waals surface area contributed by atoms with E-state index in [1.165, 1.54) is 19.4 Å². The zero-order chi connectivity index (χ0) is 14.8. The van der Waals surface area contributed by atoms with Gasteiger partial charge in [-0.2, -0.15) is 0 Å². The first-order valence-electron chi connectivity index (χ1n) is 7.88. The largest absolute Gasteiger partial charge is 0.480 e. The van der Waals surface area contributed by atoms with Crippen molar-refractivity contribution in [2.45, 2.75) is 57.7 Å². The topological polar surface area (TPSA) is 55.8 Å². The number of hydrogen-bond acceptors (Lipinski definition) is 4. The maximum absolute atomic E-state index is 11.5. The summed E-state index contributed by atoms with van der Waals surface area (Å²) in [6, 6.07) is 0.890. The molecule has 2 aliphatic heterocycles. The molecule has 2 atom stereocenters. The highest BCUT2D eigenvalue weighted by Gasteiger charge is 2.35. The molecule has 2 rings (SSSR count). The Kier molecular flexibility index (Phi) is 5.04. The molecule has 0 amide bonds. The summed E-state index contributed by atoms with van der Waals surface area (Å²) in [5.41, 5.74) is -0.818. The molecule has 20 heavy (non-hydrogen) atoms. The minimum atomic E-state index is -0.818. The molecular weight excluding hydrogens is 254 g/mol. The third kappa shape index (κ3) is 3.71. The van der Waals surface area contributed by atoms with Gasteiger partial charge in [-0.05, 0) is 46.6 Å². The fourth-order valence-corrected chi connectivity index (χ4v) is 3.52. The Morgan fingerprint density at radius 1 is 1.40 bits per heavy atom. The lowest BCUT2D eigenvalue weighted by Crippen LogP contribution is -2.56. The summed E-state index contributed by atoms with van der Waals surface area (Å²) in [5, 5.41) is 12.7. The van der Waals surface area contributed by atoms with E-state index in [2.05, 4.69) is 15.1 Å². The molecule has 0 aromatic heterocycles. The SMILES string of the molecule is CC(C)NC(C)(CCN1CCN2CCCC2C1)C(=O)O. The standard InChI is InChI=1S/C15H29N3O2/c1-12(2)16-15(3,14(19)20)6-8-17-9-10-18-7-4-5-13(18)11-17/h12-13,16H,4-11H2,1-3H3,(H,19,20). The third-order valence-corrected chi connectivity index (χ3v) is 4.68. The van der Waals surface area contributed by atoms with Gasteiger partial charge in [0.15, 0.2) is 0 Å². The number of rotatable bonds is 6. The highest BCUT2D eigenvalue weighted by Crippen LogP contribution is 2.22. The number of fused-ring (bicyclic) bond motifs is 1. The molecule has 0 aromatic carbocycles. The van der Waals surface area contributed by atoms with Crippen molar-refractivity contribution in [2.24, 2.45) is 0 Å². The van der Waals surface area contributed by atoms with Crippen molar-refractivity contribution in [1.29, 1.82) is 0 Å². The number of hydrogen-bond donors (Lipinski definition) is 2. The Balaban J connectivity index is 1.85. The molecule has 2 aliphatic rings. The molecule has 0 bridgehead atoms. The van der Waals surface area contributed by atoms with E-state index in [0.29, 0.717) is 12.5 Å². The zero-order valence-electron chi connectivity index (χ0n) is 13.1. The molecule has 2 heterocycles. The van der Waals surface area contributed by atoms with Crippen LogP contribution in [0.3, 0.4) is 0 Å². The molecule has 0 aliphatic carbocycles. The Morgan fingerprint density at radius 3 is 2.80 bits per heavy atom. The predicted octanol–water partition coefficient (Wildman–Crippen LogP) is 0.998. The van der Waals surface area contributed by atoms with Crippen molar-refractivity contribution >= 4 is 5.97 Å². The number of aliphatic carboxylic acids is 1. The maximum atomic E-state index is 11.5. The molecular formula is C15H29N3O2. The van der Waals surface area contributed by atoms with Crippen molar-refractivity contribution in [3.8, 4) is 0 Å². The number of nitrogens with one attached hydrogen (secondary N) is 1. The molecule has 116 valence electrons. The van der Waals surface area contributed by atoms with Gasteiger partial charge < -0.3 is 10.0 Å². The van der Waals surface area contributed by atoms with Crippen LogP contribution in [0.4, 0.5) is 0 Å². The molecule has 2 saturated heterocycles. The summed E-state index contributed by atoms with van der Waals surface area (Å²) < 4.78 is 0. The first-order chi connectivity index (χ1) is 9.40. The van der Waals surface area contributed by atoms with Crippen molar-refractivity contribution in [3.63, 3.8) is 0 Å². The van der Waals surface area contributed by atoms with Crippen LogP contribution in [0.2, 0.25) is 0 Å². The lowest BCUT2D eigenvalue weighted by atomic mass is 9.96. The Labute approximate surface area is 122 Å². The minimum absolute atomic E-state index is 0.183. The molecule has 2 fully saturated rings. The molecule has 0 spiro atoms. The monoisotopic (exact) mass is 283 g/mol.